The Kier molecular flexibility index (Phi) is 4.35. The Morgan fingerprint density at radius 2 is 2.06 bits per heavy atom. The molecular weight excluding hydrogens is 255 g/mol. The summed E-state index contributed by atoms with van der Waals surface area (Å²) in [5, 5.41) is 0. The second-order valence-electron chi connectivity index (χ2n) is 3.13. The van der Waals surface area contributed by atoms with Crippen LogP contribution in [0.15, 0.2) is 12.3 Å². The fraction of sp³-hybridized carbons (Fsp3) is 0.400. The van der Waals surface area contributed by atoms with Gasteiger partial charge in [-0.3, -0.25) is 0 Å². The van der Waals surface area contributed by atoms with Crippen molar-refractivity contribution in [3.63, 3.8) is 0 Å². The molecule has 8 heteroatoms. The van der Waals surface area contributed by atoms with Crippen molar-refractivity contribution in [2.75, 3.05) is 20.8 Å². The largest absolute Gasteiger partial charge is 0.491 e. The first-order valence-corrected chi connectivity index (χ1v) is 4.69. The van der Waals surface area contributed by atoms with Crippen LogP contribution in [-0.2, 0) is 4.74 Å². The number of halogens is 3. The zero-order valence-electron chi connectivity index (χ0n) is 9.58. The van der Waals surface area contributed by atoms with Gasteiger partial charge in [0.05, 0.1) is 19.8 Å². The lowest BCUT2D eigenvalue weighted by atomic mass is 10.3. The van der Waals surface area contributed by atoms with Crippen LogP contribution < -0.4 is 9.47 Å². The number of ether oxygens (including phenoxy) is 3. The number of nitrogens with zero attached hydrogens (tertiary/aromatic N) is 1. The summed E-state index contributed by atoms with van der Waals surface area (Å²) in [6, 6.07) is 1.19. The van der Waals surface area contributed by atoms with Gasteiger partial charge >= 0.3 is 12.1 Å². The van der Waals surface area contributed by atoms with Gasteiger partial charge in [-0.2, -0.15) is 13.2 Å². The second kappa shape index (κ2) is 5.56. The van der Waals surface area contributed by atoms with Gasteiger partial charge in [0.1, 0.15) is 0 Å². The maximum absolute atomic E-state index is 12.0. The molecule has 0 unspecified atom stereocenters. The number of esters is 1. The van der Waals surface area contributed by atoms with E-state index in [0.717, 1.165) is 6.20 Å². The molecule has 0 aliphatic rings. The summed E-state index contributed by atoms with van der Waals surface area (Å²) in [6.45, 7) is -1.49. The average molecular weight is 265 g/mol. The number of carbonyl (C=O) groups excluding carboxylic acids is 1. The lowest BCUT2D eigenvalue weighted by Crippen LogP contribution is -2.20. The van der Waals surface area contributed by atoms with E-state index in [4.69, 9.17) is 4.74 Å². The molecule has 1 aromatic heterocycles. The van der Waals surface area contributed by atoms with Crippen LogP contribution in [-0.4, -0.2) is 38.0 Å². The normalized spacial score (nSPS) is 10.9. The lowest BCUT2D eigenvalue weighted by Gasteiger charge is -2.11. The molecule has 1 rings (SSSR count). The molecule has 1 aromatic rings. The summed E-state index contributed by atoms with van der Waals surface area (Å²) in [4.78, 5) is 14.7. The number of carbonyl (C=O) groups is 1. The molecule has 18 heavy (non-hydrogen) atoms. The zero-order valence-corrected chi connectivity index (χ0v) is 9.58. The monoisotopic (exact) mass is 265 g/mol. The number of methoxy groups -OCH3 is 2. The van der Waals surface area contributed by atoms with E-state index in [0.29, 0.717) is 0 Å². The third-order valence-electron chi connectivity index (χ3n) is 1.83. The maximum Gasteiger partial charge on any atom is 0.422 e. The fourth-order valence-electron chi connectivity index (χ4n) is 1.07. The van der Waals surface area contributed by atoms with Gasteiger partial charge in [-0.15, -0.1) is 0 Å². The maximum atomic E-state index is 12.0. The Morgan fingerprint density at radius 3 is 2.56 bits per heavy atom. The predicted octanol–water partition coefficient (Wildman–Crippen LogP) is 1.82. The van der Waals surface area contributed by atoms with Crippen molar-refractivity contribution in [3.05, 3.63) is 17.8 Å². The number of pyridine rings is 1. The third-order valence-corrected chi connectivity index (χ3v) is 1.83. The fourth-order valence-corrected chi connectivity index (χ4v) is 1.07. The van der Waals surface area contributed by atoms with Crippen molar-refractivity contribution in [1.29, 1.82) is 0 Å². The Hall–Kier alpha value is -1.99. The molecule has 0 fully saturated rings. The molecule has 0 N–H and O–H groups in total. The molecule has 0 radical (unpaired) electrons. The summed E-state index contributed by atoms with van der Waals surface area (Å²) in [7, 11) is 2.39. The number of alkyl halides is 3. The van der Waals surface area contributed by atoms with Gasteiger partial charge in [0.25, 0.3) is 5.88 Å². The van der Waals surface area contributed by atoms with E-state index in [2.05, 4.69) is 14.5 Å². The van der Waals surface area contributed by atoms with E-state index in [1.807, 2.05) is 0 Å². The minimum Gasteiger partial charge on any atom is -0.491 e. The van der Waals surface area contributed by atoms with Gasteiger partial charge in [-0.1, -0.05) is 0 Å². The first kappa shape index (κ1) is 14.1. The number of hydrogen-bond acceptors (Lipinski definition) is 5. The van der Waals surface area contributed by atoms with Gasteiger partial charge in [-0.05, 0) is 0 Å². The molecule has 0 saturated carbocycles. The Labute approximate surface area is 100 Å². The van der Waals surface area contributed by atoms with Crippen LogP contribution in [0.4, 0.5) is 13.2 Å². The van der Waals surface area contributed by atoms with Crippen LogP contribution in [0.2, 0.25) is 0 Å². The second-order valence-corrected chi connectivity index (χ2v) is 3.13. The van der Waals surface area contributed by atoms with E-state index in [1.54, 1.807) is 0 Å². The Balaban J connectivity index is 2.90. The highest BCUT2D eigenvalue weighted by Crippen LogP contribution is 2.27. The predicted molar refractivity (Wildman–Crippen MR) is 53.7 cm³/mol. The zero-order chi connectivity index (χ0) is 13.8. The SMILES string of the molecule is COC(=O)c1cnc(OCC(F)(F)F)c(OC)c1. The summed E-state index contributed by atoms with van der Waals surface area (Å²) in [5.41, 5.74) is 0.0497. The number of hydrogen-bond donors (Lipinski definition) is 0. The molecule has 0 amide bonds. The highest BCUT2D eigenvalue weighted by Gasteiger charge is 2.29. The summed E-state index contributed by atoms with van der Waals surface area (Å²) in [5.74, 6) is -1.10. The molecule has 1 heterocycles. The molecular formula is C10H10F3NO4. The van der Waals surface area contributed by atoms with Gasteiger partial charge in [0, 0.05) is 12.3 Å². The number of aromatic nitrogens is 1. The Morgan fingerprint density at radius 1 is 1.39 bits per heavy atom. The van der Waals surface area contributed by atoms with E-state index in [-0.39, 0.29) is 17.2 Å². The van der Waals surface area contributed by atoms with E-state index in [9.17, 15) is 18.0 Å². The molecule has 0 aliphatic carbocycles. The molecule has 0 saturated heterocycles. The van der Waals surface area contributed by atoms with Crippen LogP contribution in [0, 0.1) is 0 Å². The minimum absolute atomic E-state index is 0.0497. The van der Waals surface area contributed by atoms with E-state index < -0.39 is 18.8 Å². The summed E-state index contributed by atoms with van der Waals surface area (Å²) in [6.07, 6.45) is -3.44. The van der Waals surface area contributed by atoms with Crippen LogP contribution in [0.25, 0.3) is 0 Å². The standard InChI is InChI=1S/C10H10F3NO4/c1-16-7-3-6(9(15)17-2)4-14-8(7)18-5-10(11,12)13/h3-4H,5H2,1-2H3. The number of rotatable bonds is 4. The average Bonchev–Trinajstić information content (AvgIpc) is 2.34. The van der Waals surface area contributed by atoms with E-state index >= 15 is 0 Å². The lowest BCUT2D eigenvalue weighted by molar-refractivity contribution is -0.154. The molecule has 0 spiro atoms. The van der Waals surface area contributed by atoms with Crippen molar-refractivity contribution in [2.24, 2.45) is 0 Å². The molecule has 0 aromatic carbocycles. The van der Waals surface area contributed by atoms with Crippen LogP contribution in [0.3, 0.4) is 0 Å². The van der Waals surface area contributed by atoms with Crippen LogP contribution >= 0.6 is 0 Å². The third kappa shape index (κ3) is 3.79. The van der Waals surface area contributed by atoms with Crippen LogP contribution in [0.5, 0.6) is 11.6 Å². The van der Waals surface area contributed by atoms with E-state index in [1.165, 1.54) is 20.3 Å². The Bertz CT molecular complexity index is 434. The molecule has 0 atom stereocenters. The van der Waals surface area contributed by atoms with Crippen LogP contribution in [0.1, 0.15) is 10.4 Å². The summed E-state index contributed by atoms with van der Waals surface area (Å²) >= 11 is 0. The molecule has 0 aliphatic heterocycles. The summed E-state index contributed by atoms with van der Waals surface area (Å²) < 4.78 is 49.6. The van der Waals surface area contributed by atoms with Gasteiger partial charge < -0.3 is 14.2 Å². The van der Waals surface area contributed by atoms with Crippen molar-refractivity contribution in [3.8, 4) is 11.6 Å². The van der Waals surface area contributed by atoms with Gasteiger partial charge in [0.15, 0.2) is 12.4 Å². The minimum atomic E-state index is -4.48. The van der Waals surface area contributed by atoms with Crippen molar-refractivity contribution in [2.45, 2.75) is 6.18 Å². The van der Waals surface area contributed by atoms with Crippen molar-refractivity contribution < 1.29 is 32.2 Å². The first-order chi connectivity index (χ1) is 8.37. The van der Waals surface area contributed by atoms with Crippen molar-refractivity contribution in [1.82, 2.24) is 4.98 Å². The molecule has 0 bridgehead atoms. The highest BCUT2D eigenvalue weighted by atomic mass is 19.4. The highest BCUT2D eigenvalue weighted by molar-refractivity contribution is 5.89. The smallest absolute Gasteiger partial charge is 0.422 e. The van der Waals surface area contributed by atoms with Crippen molar-refractivity contribution >= 4 is 5.97 Å². The first-order valence-electron chi connectivity index (χ1n) is 4.69. The topological polar surface area (TPSA) is 57.7 Å². The van der Waals surface area contributed by atoms with Gasteiger partial charge in [-0.25, -0.2) is 9.78 Å². The quantitative estimate of drug-likeness (QED) is 0.777. The molecule has 100 valence electrons. The molecule has 5 nitrogen and oxygen atoms in total. The van der Waals surface area contributed by atoms with Gasteiger partial charge in [0.2, 0.25) is 0 Å².